The fourth-order valence-electron chi connectivity index (χ4n) is 3.97. The van der Waals surface area contributed by atoms with Crippen LogP contribution in [0.1, 0.15) is 36.5 Å². The summed E-state index contributed by atoms with van der Waals surface area (Å²) in [6.45, 7) is 3.98. The SMILES string of the molecule is COc1ccc(COC/C=C(\C)C[C@@H](C[C@@H](CO)OCc2ccc(OC)cc2)OCc2ccccc2)cc1. The smallest absolute Gasteiger partial charge is 0.118 e. The van der Waals surface area contributed by atoms with Gasteiger partial charge in [-0.2, -0.15) is 0 Å². The maximum atomic E-state index is 10.0. The molecule has 3 aromatic rings. The molecule has 1 N–H and O–H groups in total. The van der Waals surface area contributed by atoms with Crippen molar-refractivity contribution in [3.05, 3.63) is 107 Å². The van der Waals surface area contributed by atoms with Crippen LogP contribution in [0.15, 0.2) is 90.5 Å². The maximum absolute atomic E-state index is 10.0. The Balaban J connectivity index is 1.53. The summed E-state index contributed by atoms with van der Waals surface area (Å²) < 4.78 is 28.6. The summed E-state index contributed by atoms with van der Waals surface area (Å²) in [4.78, 5) is 0. The van der Waals surface area contributed by atoms with Crippen LogP contribution in [-0.2, 0) is 34.0 Å². The molecule has 0 amide bonds. The molecule has 2 atom stereocenters. The summed E-state index contributed by atoms with van der Waals surface area (Å²) in [6, 6.07) is 25.7. The van der Waals surface area contributed by atoms with E-state index in [1.165, 1.54) is 5.57 Å². The second kappa shape index (κ2) is 16.6. The van der Waals surface area contributed by atoms with E-state index in [1.807, 2.05) is 66.7 Å². The number of benzene rings is 3. The number of methoxy groups -OCH3 is 2. The van der Waals surface area contributed by atoms with Gasteiger partial charge in [0.15, 0.2) is 0 Å². The summed E-state index contributed by atoms with van der Waals surface area (Å²) in [7, 11) is 3.30. The van der Waals surface area contributed by atoms with Gasteiger partial charge in [0.1, 0.15) is 11.5 Å². The molecule has 0 aliphatic heterocycles. The molecule has 0 saturated carbocycles. The van der Waals surface area contributed by atoms with Gasteiger partial charge in [0.2, 0.25) is 0 Å². The molecule has 0 aromatic heterocycles. The molecule has 0 aliphatic rings. The van der Waals surface area contributed by atoms with Crippen molar-refractivity contribution in [3.63, 3.8) is 0 Å². The largest absolute Gasteiger partial charge is 0.497 e. The zero-order valence-corrected chi connectivity index (χ0v) is 22.7. The van der Waals surface area contributed by atoms with Crippen LogP contribution in [0.2, 0.25) is 0 Å². The first-order valence-electron chi connectivity index (χ1n) is 13.0. The molecule has 3 rings (SSSR count). The fourth-order valence-corrected chi connectivity index (χ4v) is 3.97. The first-order valence-corrected chi connectivity index (χ1v) is 13.0. The normalized spacial score (nSPS) is 13.2. The Labute approximate surface area is 226 Å². The topological polar surface area (TPSA) is 66.4 Å². The van der Waals surface area contributed by atoms with Crippen molar-refractivity contribution in [1.29, 1.82) is 0 Å². The zero-order valence-electron chi connectivity index (χ0n) is 22.7. The molecule has 0 spiro atoms. The third-order valence-corrected chi connectivity index (χ3v) is 6.23. The number of hydrogen-bond acceptors (Lipinski definition) is 6. The third kappa shape index (κ3) is 10.7. The number of hydrogen-bond donors (Lipinski definition) is 1. The molecular formula is C32H40O6. The maximum Gasteiger partial charge on any atom is 0.118 e. The van der Waals surface area contributed by atoms with Crippen molar-refractivity contribution in [2.75, 3.05) is 27.4 Å². The Morgan fingerprint density at radius 3 is 1.79 bits per heavy atom. The van der Waals surface area contributed by atoms with E-state index in [4.69, 9.17) is 23.7 Å². The van der Waals surface area contributed by atoms with E-state index in [2.05, 4.69) is 25.1 Å². The minimum atomic E-state index is -0.336. The molecular weight excluding hydrogens is 480 g/mol. The van der Waals surface area contributed by atoms with Crippen molar-refractivity contribution in [2.24, 2.45) is 0 Å². The molecule has 6 nitrogen and oxygen atoms in total. The number of rotatable bonds is 17. The van der Waals surface area contributed by atoms with Gasteiger partial charge in [-0.1, -0.05) is 66.2 Å². The molecule has 6 heteroatoms. The van der Waals surface area contributed by atoms with Gasteiger partial charge in [0.05, 0.1) is 59.5 Å². The van der Waals surface area contributed by atoms with E-state index < -0.39 is 0 Å². The van der Waals surface area contributed by atoms with E-state index in [1.54, 1.807) is 14.2 Å². The minimum absolute atomic E-state index is 0.0743. The van der Waals surface area contributed by atoms with Crippen molar-refractivity contribution >= 4 is 0 Å². The lowest BCUT2D eigenvalue weighted by Crippen LogP contribution is -2.26. The van der Waals surface area contributed by atoms with Crippen LogP contribution < -0.4 is 9.47 Å². The Bertz CT molecular complexity index is 1060. The van der Waals surface area contributed by atoms with E-state index in [0.717, 1.165) is 34.6 Å². The van der Waals surface area contributed by atoms with E-state index in [0.29, 0.717) is 32.8 Å². The second-order valence-electron chi connectivity index (χ2n) is 9.24. The van der Waals surface area contributed by atoms with Gasteiger partial charge in [-0.25, -0.2) is 0 Å². The van der Waals surface area contributed by atoms with Crippen LogP contribution in [0.4, 0.5) is 0 Å². The van der Waals surface area contributed by atoms with Gasteiger partial charge >= 0.3 is 0 Å². The fraction of sp³-hybridized carbons (Fsp3) is 0.375. The molecule has 38 heavy (non-hydrogen) atoms. The zero-order chi connectivity index (χ0) is 27.0. The van der Waals surface area contributed by atoms with Crippen molar-refractivity contribution in [3.8, 4) is 11.5 Å². The van der Waals surface area contributed by atoms with Crippen LogP contribution in [0.5, 0.6) is 11.5 Å². The van der Waals surface area contributed by atoms with Gasteiger partial charge < -0.3 is 28.8 Å². The Morgan fingerprint density at radius 1 is 0.711 bits per heavy atom. The molecule has 0 saturated heterocycles. The highest BCUT2D eigenvalue weighted by Gasteiger charge is 2.18. The van der Waals surface area contributed by atoms with Crippen LogP contribution in [-0.4, -0.2) is 44.7 Å². The average molecular weight is 521 g/mol. The lowest BCUT2D eigenvalue weighted by molar-refractivity contribution is -0.0485. The average Bonchev–Trinajstić information content (AvgIpc) is 2.97. The van der Waals surface area contributed by atoms with Gasteiger partial charge in [-0.15, -0.1) is 0 Å². The summed E-state index contributed by atoms with van der Waals surface area (Å²) in [6.07, 6.45) is 2.95. The summed E-state index contributed by atoms with van der Waals surface area (Å²) in [5.41, 5.74) is 4.41. The van der Waals surface area contributed by atoms with Crippen molar-refractivity contribution in [1.82, 2.24) is 0 Å². The number of aliphatic hydroxyl groups is 1. The molecule has 0 fully saturated rings. The first kappa shape index (κ1) is 29.4. The summed E-state index contributed by atoms with van der Waals surface area (Å²) in [5.74, 6) is 1.64. The third-order valence-electron chi connectivity index (χ3n) is 6.23. The molecule has 0 radical (unpaired) electrons. The van der Waals surface area contributed by atoms with Gasteiger partial charge in [-0.05, 0) is 54.3 Å². The molecule has 0 aliphatic carbocycles. The molecule has 0 unspecified atom stereocenters. The predicted octanol–water partition coefficient (Wildman–Crippen LogP) is 6.11. The van der Waals surface area contributed by atoms with Crippen LogP contribution in [0.3, 0.4) is 0 Å². The van der Waals surface area contributed by atoms with E-state index in [9.17, 15) is 5.11 Å². The monoisotopic (exact) mass is 520 g/mol. The Hall–Kier alpha value is -3.16. The highest BCUT2D eigenvalue weighted by Crippen LogP contribution is 2.19. The van der Waals surface area contributed by atoms with E-state index in [-0.39, 0.29) is 18.8 Å². The number of aliphatic hydroxyl groups excluding tert-OH is 1. The standard InChI is InChI=1S/C32H40O6/c1-25(17-18-36-22-27-9-13-29(34-2)14-10-27)19-31(37-23-26-7-5-4-6-8-26)20-32(21-33)38-24-28-11-15-30(35-3)16-12-28/h4-17,31-33H,18-24H2,1-3H3/b25-17+/t31-,32-/m0/s1. The molecule has 0 bridgehead atoms. The molecule has 0 heterocycles. The van der Waals surface area contributed by atoms with Crippen molar-refractivity contribution in [2.45, 2.75) is 51.8 Å². The van der Waals surface area contributed by atoms with E-state index >= 15 is 0 Å². The van der Waals surface area contributed by atoms with Gasteiger partial charge in [0.25, 0.3) is 0 Å². The first-order chi connectivity index (χ1) is 18.6. The molecule has 3 aromatic carbocycles. The summed E-state index contributed by atoms with van der Waals surface area (Å²) in [5, 5.41) is 10.0. The van der Waals surface area contributed by atoms with Crippen LogP contribution in [0.25, 0.3) is 0 Å². The highest BCUT2D eigenvalue weighted by molar-refractivity contribution is 5.27. The lowest BCUT2D eigenvalue weighted by atomic mass is 10.0. The highest BCUT2D eigenvalue weighted by atomic mass is 16.5. The second-order valence-corrected chi connectivity index (χ2v) is 9.24. The quantitative estimate of drug-likeness (QED) is 0.171. The van der Waals surface area contributed by atoms with Crippen LogP contribution in [0, 0.1) is 0 Å². The van der Waals surface area contributed by atoms with Gasteiger partial charge in [-0.3, -0.25) is 0 Å². The van der Waals surface area contributed by atoms with Gasteiger partial charge in [0, 0.05) is 6.42 Å². The van der Waals surface area contributed by atoms with Crippen LogP contribution >= 0.6 is 0 Å². The number of ether oxygens (including phenoxy) is 5. The Kier molecular flexibility index (Phi) is 12.9. The lowest BCUT2D eigenvalue weighted by Gasteiger charge is -2.24. The predicted molar refractivity (Wildman–Crippen MR) is 149 cm³/mol. The van der Waals surface area contributed by atoms with Crippen molar-refractivity contribution < 1.29 is 28.8 Å². The minimum Gasteiger partial charge on any atom is -0.497 e. The molecule has 204 valence electrons. The Morgan fingerprint density at radius 2 is 1.24 bits per heavy atom. The summed E-state index contributed by atoms with van der Waals surface area (Å²) >= 11 is 0.